The van der Waals surface area contributed by atoms with E-state index in [1.54, 1.807) is 6.92 Å². The van der Waals surface area contributed by atoms with Gasteiger partial charge in [0.25, 0.3) is 5.91 Å². The van der Waals surface area contributed by atoms with E-state index < -0.39 is 17.6 Å². The van der Waals surface area contributed by atoms with Crippen molar-refractivity contribution in [3.63, 3.8) is 0 Å². The SMILES string of the molecule is CCCCN.CCNC(=O)NC(=O)/C(C#N)=N/OC. The van der Waals surface area contributed by atoms with Crippen LogP contribution in [0.15, 0.2) is 5.16 Å². The minimum absolute atomic E-state index is 0.377. The molecule has 0 saturated heterocycles. The quantitative estimate of drug-likeness (QED) is 0.482. The Hall–Kier alpha value is -2.14. The second kappa shape index (κ2) is 13.9. The smallest absolute Gasteiger partial charge is 0.321 e. The molecule has 4 N–H and O–H groups in total. The van der Waals surface area contributed by atoms with Crippen LogP contribution in [-0.4, -0.2) is 37.8 Å². The zero-order chi connectivity index (χ0) is 15.1. The summed E-state index contributed by atoms with van der Waals surface area (Å²) in [6.07, 6.45) is 2.39. The highest BCUT2D eigenvalue weighted by Crippen LogP contribution is 1.79. The Balaban J connectivity index is 0. The zero-order valence-corrected chi connectivity index (χ0v) is 11.5. The number of oxime groups is 1. The molecule has 0 rings (SSSR count). The van der Waals surface area contributed by atoms with Crippen molar-refractivity contribution >= 4 is 17.6 Å². The maximum absolute atomic E-state index is 11.0. The summed E-state index contributed by atoms with van der Waals surface area (Å²) in [4.78, 5) is 26.1. The third-order valence-corrected chi connectivity index (χ3v) is 1.63. The number of hydrogen-bond acceptors (Lipinski definition) is 6. The molecule has 108 valence electrons. The van der Waals surface area contributed by atoms with Crippen molar-refractivity contribution in [1.82, 2.24) is 10.6 Å². The molecule has 0 spiro atoms. The average Bonchev–Trinajstić information content (AvgIpc) is 2.37. The number of nitrogens with two attached hydrogens (primary N) is 1. The normalized spacial score (nSPS) is 9.53. The molecule has 19 heavy (non-hydrogen) atoms. The third kappa shape index (κ3) is 12.1. The van der Waals surface area contributed by atoms with E-state index in [0.717, 1.165) is 6.54 Å². The highest BCUT2D eigenvalue weighted by molar-refractivity contribution is 6.46. The highest BCUT2D eigenvalue weighted by atomic mass is 16.6. The number of carbonyl (C=O) groups excluding carboxylic acids is 2. The Kier molecular flexibility index (Phi) is 14.1. The van der Waals surface area contributed by atoms with Crippen molar-refractivity contribution < 1.29 is 14.4 Å². The first-order valence-corrected chi connectivity index (χ1v) is 5.87. The maximum atomic E-state index is 11.0. The number of amides is 3. The van der Waals surface area contributed by atoms with Gasteiger partial charge in [-0.2, -0.15) is 5.26 Å². The molecule has 0 radical (unpaired) electrons. The molecule has 0 aromatic carbocycles. The minimum Gasteiger partial charge on any atom is -0.398 e. The van der Waals surface area contributed by atoms with E-state index in [1.807, 2.05) is 5.32 Å². The van der Waals surface area contributed by atoms with Crippen LogP contribution in [0.5, 0.6) is 0 Å². The summed E-state index contributed by atoms with van der Waals surface area (Å²) in [5.74, 6) is -0.903. The summed E-state index contributed by atoms with van der Waals surface area (Å²) in [7, 11) is 1.19. The second-order valence-corrected chi connectivity index (χ2v) is 3.19. The fraction of sp³-hybridized carbons (Fsp3) is 0.636. The fourth-order valence-corrected chi connectivity index (χ4v) is 0.775. The van der Waals surface area contributed by atoms with Crippen molar-refractivity contribution in [2.24, 2.45) is 10.9 Å². The molecular weight excluding hydrogens is 250 g/mol. The van der Waals surface area contributed by atoms with Crippen LogP contribution in [0.4, 0.5) is 4.79 Å². The van der Waals surface area contributed by atoms with E-state index in [1.165, 1.54) is 26.0 Å². The van der Waals surface area contributed by atoms with E-state index >= 15 is 0 Å². The lowest BCUT2D eigenvalue weighted by Gasteiger charge is -2.01. The predicted octanol–water partition coefficient (Wildman–Crippen LogP) is 0.103. The second-order valence-electron chi connectivity index (χ2n) is 3.19. The number of unbranched alkanes of at least 4 members (excludes halogenated alkanes) is 1. The molecule has 0 aliphatic carbocycles. The van der Waals surface area contributed by atoms with Crippen molar-refractivity contribution in [2.75, 3.05) is 20.2 Å². The van der Waals surface area contributed by atoms with Crippen LogP contribution < -0.4 is 16.4 Å². The maximum Gasteiger partial charge on any atom is 0.321 e. The van der Waals surface area contributed by atoms with E-state index in [2.05, 4.69) is 22.2 Å². The number of nitrogens with one attached hydrogen (secondary N) is 2. The monoisotopic (exact) mass is 271 g/mol. The van der Waals surface area contributed by atoms with Gasteiger partial charge in [-0.3, -0.25) is 10.1 Å². The van der Waals surface area contributed by atoms with E-state index in [-0.39, 0.29) is 0 Å². The van der Waals surface area contributed by atoms with Crippen molar-refractivity contribution in [1.29, 1.82) is 5.26 Å². The Morgan fingerprint density at radius 1 is 1.42 bits per heavy atom. The van der Waals surface area contributed by atoms with Gasteiger partial charge in [-0.05, 0) is 19.9 Å². The van der Waals surface area contributed by atoms with Gasteiger partial charge in [0, 0.05) is 6.54 Å². The first-order chi connectivity index (χ1) is 9.06. The summed E-state index contributed by atoms with van der Waals surface area (Å²) in [6.45, 7) is 5.05. The number of hydrogen-bond donors (Lipinski definition) is 3. The van der Waals surface area contributed by atoms with Crippen LogP contribution >= 0.6 is 0 Å². The topological polar surface area (TPSA) is 130 Å². The Bertz CT molecular complexity index is 334. The summed E-state index contributed by atoms with van der Waals surface area (Å²) in [5, 5.41) is 15.8. The number of urea groups is 1. The first-order valence-electron chi connectivity index (χ1n) is 5.87. The largest absolute Gasteiger partial charge is 0.398 e. The summed E-state index contributed by atoms with van der Waals surface area (Å²) in [6, 6.07) is 0.799. The fourth-order valence-electron chi connectivity index (χ4n) is 0.775. The molecule has 0 aromatic rings. The van der Waals surface area contributed by atoms with Gasteiger partial charge in [0.15, 0.2) is 0 Å². The van der Waals surface area contributed by atoms with Crippen LogP contribution in [0.1, 0.15) is 26.7 Å². The third-order valence-electron chi connectivity index (χ3n) is 1.63. The lowest BCUT2D eigenvalue weighted by Crippen LogP contribution is -2.42. The van der Waals surface area contributed by atoms with Crippen LogP contribution in [0.2, 0.25) is 0 Å². The van der Waals surface area contributed by atoms with Gasteiger partial charge in [0.05, 0.1) is 0 Å². The molecule has 0 heterocycles. The molecule has 0 atom stereocenters. The number of nitrogens with zero attached hydrogens (tertiary/aromatic N) is 2. The van der Waals surface area contributed by atoms with Gasteiger partial charge in [-0.15, -0.1) is 0 Å². The summed E-state index contributed by atoms with van der Waals surface area (Å²) >= 11 is 0. The van der Waals surface area contributed by atoms with Crippen molar-refractivity contribution in [3.8, 4) is 6.07 Å². The number of nitriles is 1. The minimum atomic E-state index is -0.903. The standard InChI is InChI=1S/C7H10N4O3.C4H11N/c1-3-9-7(13)10-6(12)5(4-8)11-14-2;1-2-3-4-5/h3H2,1-2H3,(H2,9,10,12,13);2-5H2,1H3/b11-5+;. The van der Waals surface area contributed by atoms with Gasteiger partial charge in [0.1, 0.15) is 13.2 Å². The molecule has 8 heteroatoms. The molecule has 0 saturated carbocycles. The molecule has 0 unspecified atom stereocenters. The summed E-state index contributed by atoms with van der Waals surface area (Å²) < 4.78 is 0. The molecule has 0 aliphatic rings. The van der Waals surface area contributed by atoms with Gasteiger partial charge < -0.3 is 15.9 Å². The zero-order valence-electron chi connectivity index (χ0n) is 11.5. The van der Waals surface area contributed by atoms with Crippen LogP contribution in [-0.2, 0) is 9.63 Å². The molecule has 8 nitrogen and oxygen atoms in total. The molecule has 0 bridgehead atoms. The Labute approximate surface area is 113 Å². The number of carbonyl (C=O) groups is 2. The summed E-state index contributed by atoms with van der Waals surface area (Å²) in [5.41, 5.74) is 4.62. The lowest BCUT2D eigenvalue weighted by atomic mass is 10.3. The lowest BCUT2D eigenvalue weighted by molar-refractivity contribution is -0.113. The van der Waals surface area contributed by atoms with E-state index in [0.29, 0.717) is 6.54 Å². The first kappa shape index (κ1) is 19.2. The van der Waals surface area contributed by atoms with E-state index in [4.69, 9.17) is 11.0 Å². The van der Waals surface area contributed by atoms with Crippen LogP contribution in [0, 0.1) is 11.3 Å². The van der Waals surface area contributed by atoms with E-state index in [9.17, 15) is 9.59 Å². The predicted molar refractivity (Wildman–Crippen MR) is 71.2 cm³/mol. The van der Waals surface area contributed by atoms with Gasteiger partial charge in [-0.25, -0.2) is 4.79 Å². The molecule has 0 aliphatic heterocycles. The van der Waals surface area contributed by atoms with Crippen molar-refractivity contribution in [3.05, 3.63) is 0 Å². The molecular formula is C11H21N5O3. The number of imide groups is 1. The molecule has 0 aromatic heterocycles. The van der Waals surface area contributed by atoms with Gasteiger partial charge >= 0.3 is 6.03 Å². The van der Waals surface area contributed by atoms with Crippen LogP contribution in [0.3, 0.4) is 0 Å². The van der Waals surface area contributed by atoms with Gasteiger partial charge in [0.2, 0.25) is 5.71 Å². The highest BCUT2D eigenvalue weighted by Gasteiger charge is 2.14. The Morgan fingerprint density at radius 2 is 2.05 bits per heavy atom. The number of rotatable bonds is 5. The molecule has 0 fully saturated rings. The van der Waals surface area contributed by atoms with Crippen molar-refractivity contribution in [2.45, 2.75) is 26.7 Å². The Morgan fingerprint density at radius 3 is 2.37 bits per heavy atom. The average molecular weight is 271 g/mol. The molecule has 3 amide bonds. The van der Waals surface area contributed by atoms with Gasteiger partial charge in [-0.1, -0.05) is 18.5 Å². The van der Waals surface area contributed by atoms with Crippen LogP contribution in [0.25, 0.3) is 0 Å².